The van der Waals surface area contributed by atoms with Gasteiger partial charge >= 0.3 is 5.97 Å². The number of nitrogens with two attached hydrogens (primary N) is 1. The standard InChI is InChI=1S/C15H14BrN3O4S/c16-8-6-24-14-10(13(21)19(14)11(8)15(22)23)18-12(20)9(17)7-4-2-1-3-5-7/h1-5,9-10,14H,6,17H2,(H,18,20)(H,22,23). The molecule has 2 aliphatic rings. The molecule has 1 aromatic carbocycles. The van der Waals surface area contributed by atoms with Gasteiger partial charge in [0.25, 0.3) is 5.91 Å². The number of benzene rings is 1. The molecule has 0 spiro atoms. The molecule has 2 amide bonds. The summed E-state index contributed by atoms with van der Waals surface area (Å²) in [6, 6.07) is 7.18. The van der Waals surface area contributed by atoms with Crippen LogP contribution >= 0.6 is 27.7 Å². The van der Waals surface area contributed by atoms with Gasteiger partial charge in [-0.3, -0.25) is 14.5 Å². The molecule has 126 valence electrons. The number of aliphatic carboxylic acids is 1. The second-order valence-electron chi connectivity index (χ2n) is 5.34. The lowest BCUT2D eigenvalue weighted by Gasteiger charge is -2.49. The van der Waals surface area contributed by atoms with E-state index in [0.29, 0.717) is 15.8 Å². The van der Waals surface area contributed by atoms with Gasteiger partial charge < -0.3 is 16.2 Å². The number of β-lactam (4-membered cyclic amide) rings is 1. The number of carbonyl (C=O) groups excluding carboxylic acids is 2. The van der Waals surface area contributed by atoms with Crippen LogP contribution in [0.4, 0.5) is 0 Å². The number of amides is 2. The zero-order valence-electron chi connectivity index (χ0n) is 12.3. The molecule has 1 fully saturated rings. The molecule has 24 heavy (non-hydrogen) atoms. The molecule has 2 heterocycles. The monoisotopic (exact) mass is 411 g/mol. The minimum Gasteiger partial charge on any atom is -0.477 e. The first-order valence-corrected chi connectivity index (χ1v) is 8.93. The van der Waals surface area contributed by atoms with Crippen LogP contribution in [0, 0.1) is 0 Å². The predicted octanol–water partition coefficient (Wildman–Crippen LogP) is 0.777. The van der Waals surface area contributed by atoms with Crippen molar-refractivity contribution in [2.45, 2.75) is 17.5 Å². The fraction of sp³-hybridized carbons (Fsp3) is 0.267. The van der Waals surface area contributed by atoms with Gasteiger partial charge in [0.05, 0.1) is 0 Å². The average Bonchev–Trinajstić information content (AvgIpc) is 2.59. The fourth-order valence-electron chi connectivity index (χ4n) is 2.64. The van der Waals surface area contributed by atoms with Crippen LogP contribution in [0.3, 0.4) is 0 Å². The summed E-state index contributed by atoms with van der Waals surface area (Å²) in [5, 5.41) is 11.5. The number of carbonyl (C=O) groups is 3. The molecule has 1 aromatic rings. The van der Waals surface area contributed by atoms with E-state index < -0.39 is 35.2 Å². The zero-order chi connectivity index (χ0) is 17.4. The summed E-state index contributed by atoms with van der Waals surface area (Å²) >= 11 is 4.57. The van der Waals surface area contributed by atoms with Crippen LogP contribution in [0.5, 0.6) is 0 Å². The average molecular weight is 412 g/mol. The Kier molecular flexibility index (Phi) is 4.66. The maximum Gasteiger partial charge on any atom is 0.353 e. The van der Waals surface area contributed by atoms with E-state index in [0.717, 1.165) is 0 Å². The van der Waals surface area contributed by atoms with Crippen molar-refractivity contribution in [1.29, 1.82) is 0 Å². The summed E-state index contributed by atoms with van der Waals surface area (Å²) in [5.41, 5.74) is 6.50. The van der Waals surface area contributed by atoms with Gasteiger partial charge in [0.2, 0.25) is 5.91 Å². The van der Waals surface area contributed by atoms with Crippen LogP contribution in [0.2, 0.25) is 0 Å². The van der Waals surface area contributed by atoms with E-state index in [4.69, 9.17) is 5.73 Å². The first-order chi connectivity index (χ1) is 11.4. The largest absolute Gasteiger partial charge is 0.477 e. The molecular formula is C15H14BrN3O4S. The van der Waals surface area contributed by atoms with E-state index in [2.05, 4.69) is 21.2 Å². The molecule has 0 aliphatic carbocycles. The molecule has 0 bridgehead atoms. The lowest BCUT2D eigenvalue weighted by molar-refractivity contribution is -0.150. The number of nitrogens with zero attached hydrogens (tertiary/aromatic N) is 1. The summed E-state index contributed by atoms with van der Waals surface area (Å²) in [5.74, 6) is -1.67. The molecule has 3 rings (SSSR count). The number of halogens is 1. The lowest BCUT2D eigenvalue weighted by Crippen LogP contribution is -2.70. The Labute approximate surface area is 150 Å². The van der Waals surface area contributed by atoms with Crippen LogP contribution in [0.1, 0.15) is 11.6 Å². The number of thioether (sulfide) groups is 1. The normalized spacial score (nSPS) is 24.1. The van der Waals surface area contributed by atoms with Crippen molar-refractivity contribution >= 4 is 45.5 Å². The van der Waals surface area contributed by atoms with Crippen molar-refractivity contribution in [3.8, 4) is 0 Å². The van der Waals surface area contributed by atoms with Crippen LogP contribution in [-0.4, -0.2) is 45.0 Å². The molecule has 0 aromatic heterocycles. The highest BCUT2D eigenvalue weighted by atomic mass is 79.9. The van der Waals surface area contributed by atoms with E-state index in [1.807, 2.05) is 6.07 Å². The highest BCUT2D eigenvalue weighted by Crippen LogP contribution is 2.41. The summed E-state index contributed by atoms with van der Waals surface area (Å²) in [7, 11) is 0. The molecule has 3 unspecified atom stereocenters. The number of carboxylic acid groups (broad SMARTS) is 1. The summed E-state index contributed by atoms with van der Waals surface area (Å²) in [6.07, 6.45) is 0. The van der Waals surface area contributed by atoms with Crippen molar-refractivity contribution in [1.82, 2.24) is 10.2 Å². The van der Waals surface area contributed by atoms with E-state index in [1.165, 1.54) is 16.7 Å². The third kappa shape index (κ3) is 2.83. The number of fused-ring (bicyclic) bond motifs is 1. The van der Waals surface area contributed by atoms with Gasteiger partial charge in [-0.15, -0.1) is 11.8 Å². The van der Waals surface area contributed by atoms with Crippen LogP contribution < -0.4 is 11.1 Å². The summed E-state index contributed by atoms with van der Waals surface area (Å²) in [4.78, 5) is 37.1. The van der Waals surface area contributed by atoms with Crippen LogP contribution in [0.25, 0.3) is 0 Å². The van der Waals surface area contributed by atoms with Crippen molar-refractivity contribution in [2.24, 2.45) is 5.73 Å². The van der Waals surface area contributed by atoms with Gasteiger partial charge in [-0.25, -0.2) is 4.79 Å². The predicted molar refractivity (Wildman–Crippen MR) is 92.0 cm³/mol. The van der Waals surface area contributed by atoms with Gasteiger partial charge in [0, 0.05) is 10.2 Å². The Morgan fingerprint density at radius 1 is 1.38 bits per heavy atom. The molecule has 2 aliphatic heterocycles. The highest BCUT2D eigenvalue weighted by molar-refractivity contribution is 9.11. The number of rotatable bonds is 4. The molecule has 0 saturated carbocycles. The third-order valence-corrected chi connectivity index (χ3v) is 6.17. The van der Waals surface area contributed by atoms with Crippen molar-refractivity contribution in [3.63, 3.8) is 0 Å². The van der Waals surface area contributed by atoms with E-state index >= 15 is 0 Å². The Hall–Kier alpha value is -1.84. The first kappa shape index (κ1) is 17.0. The van der Waals surface area contributed by atoms with E-state index in [9.17, 15) is 19.5 Å². The van der Waals surface area contributed by atoms with E-state index in [1.54, 1.807) is 24.3 Å². The van der Waals surface area contributed by atoms with Crippen molar-refractivity contribution in [2.75, 3.05) is 5.75 Å². The summed E-state index contributed by atoms with van der Waals surface area (Å²) < 4.78 is 0.454. The van der Waals surface area contributed by atoms with Crippen LogP contribution in [0.15, 0.2) is 40.5 Å². The first-order valence-electron chi connectivity index (χ1n) is 7.09. The number of hydrogen-bond acceptors (Lipinski definition) is 5. The molecule has 1 saturated heterocycles. The second-order valence-corrected chi connectivity index (χ2v) is 7.41. The quantitative estimate of drug-likeness (QED) is 0.630. The Morgan fingerprint density at radius 2 is 2.04 bits per heavy atom. The second kappa shape index (κ2) is 6.58. The number of hydrogen-bond donors (Lipinski definition) is 3. The SMILES string of the molecule is NC(C(=O)NC1C(=O)N2C(C(=O)O)=C(Br)CSC12)c1ccccc1. The minimum absolute atomic E-state index is 0.0680. The van der Waals surface area contributed by atoms with Crippen molar-refractivity contribution < 1.29 is 19.5 Å². The molecule has 0 radical (unpaired) electrons. The Balaban J connectivity index is 1.71. The van der Waals surface area contributed by atoms with Gasteiger partial charge in [-0.2, -0.15) is 0 Å². The van der Waals surface area contributed by atoms with Gasteiger partial charge in [-0.05, 0) is 5.56 Å². The van der Waals surface area contributed by atoms with Gasteiger partial charge in [0.1, 0.15) is 23.2 Å². The molecule has 3 atom stereocenters. The maximum atomic E-state index is 12.3. The number of carboxylic acids is 1. The fourth-order valence-corrected chi connectivity index (χ4v) is 4.58. The summed E-state index contributed by atoms with van der Waals surface area (Å²) in [6.45, 7) is 0. The Morgan fingerprint density at radius 3 is 2.67 bits per heavy atom. The zero-order valence-corrected chi connectivity index (χ0v) is 14.7. The maximum absolute atomic E-state index is 12.3. The number of nitrogens with one attached hydrogen (secondary N) is 1. The molecular weight excluding hydrogens is 398 g/mol. The minimum atomic E-state index is -1.17. The van der Waals surface area contributed by atoms with Gasteiger partial charge in [0.15, 0.2) is 0 Å². The highest BCUT2D eigenvalue weighted by Gasteiger charge is 2.54. The third-order valence-electron chi connectivity index (χ3n) is 3.86. The van der Waals surface area contributed by atoms with Crippen LogP contribution in [-0.2, 0) is 14.4 Å². The van der Waals surface area contributed by atoms with E-state index in [-0.39, 0.29) is 5.70 Å². The van der Waals surface area contributed by atoms with Gasteiger partial charge in [-0.1, -0.05) is 46.3 Å². The smallest absolute Gasteiger partial charge is 0.353 e. The lowest BCUT2D eigenvalue weighted by atomic mass is 10.0. The topological polar surface area (TPSA) is 113 Å². The Bertz CT molecular complexity index is 739. The molecule has 7 nitrogen and oxygen atoms in total. The molecule has 9 heteroatoms. The molecule has 4 N–H and O–H groups in total. The van der Waals surface area contributed by atoms with Crippen molar-refractivity contribution in [3.05, 3.63) is 46.1 Å².